The van der Waals surface area contributed by atoms with Gasteiger partial charge in [-0.1, -0.05) is 0 Å². The highest BCUT2D eigenvalue weighted by molar-refractivity contribution is 5.80. The zero-order chi connectivity index (χ0) is 12.1. The van der Waals surface area contributed by atoms with Gasteiger partial charge < -0.3 is 19.7 Å². The molecule has 17 heavy (non-hydrogen) atoms. The van der Waals surface area contributed by atoms with Gasteiger partial charge >= 0.3 is 0 Å². The van der Waals surface area contributed by atoms with Gasteiger partial charge in [0.05, 0.1) is 19.8 Å². The van der Waals surface area contributed by atoms with Crippen molar-refractivity contribution < 1.29 is 14.3 Å². The topological polar surface area (TPSA) is 50.8 Å². The molecule has 2 fully saturated rings. The van der Waals surface area contributed by atoms with Crippen molar-refractivity contribution in [2.24, 2.45) is 5.92 Å². The van der Waals surface area contributed by atoms with Crippen LogP contribution in [0, 0.1) is 5.92 Å². The van der Waals surface area contributed by atoms with Crippen molar-refractivity contribution in [2.75, 3.05) is 46.0 Å². The first-order valence-corrected chi connectivity index (χ1v) is 6.46. The second kappa shape index (κ2) is 6.33. The first-order chi connectivity index (χ1) is 8.27. The van der Waals surface area contributed by atoms with E-state index in [2.05, 4.69) is 5.32 Å². The number of amides is 1. The number of nitrogens with one attached hydrogen (secondary N) is 1. The third-order valence-electron chi connectivity index (χ3n) is 3.41. The minimum atomic E-state index is -0.325. The molecule has 2 saturated heterocycles. The minimum absolute atomic E-state index is 0.0965. The fourth-order valence-corrected chi connectivity index (χ4v) is 2.25. The molecule has 0 aromatic heterocycles. The molecule has 0 aromatic rings. The first-order valence-electron chi connectivity index (χ1n) is 6.46. The Morgan fingerprint density at radius 1 is 1.53 bits per heavy atom. The van der Waals surface area contributed by atoms with Crippen molar-refractivity contribution >= 4 is 5.91 Å². The van der Waals surface area contributed by atoms with Crippen LogP contribution < -0.4 is 5.32 Å². The molecule has 2 heterocycles. The molecule has 2 atom stereocenters. The number of carbonyl (C=O) groups excluding carboxylic acids is 1. The van der Waals surface area contributed by atoms with Gasteiger partial charge in [-0.25, -0.2) is 0 Å². The second-order valence-electron chi connectivity index (χ2n) is 4.77. The van der Waals surface area contributed by atoms with Crippen LogP contribution in [-0.4, -0.2) is 62.9 Å². The van der Waals surface area contributed by atoms with Crippen LogP contribution in [0.25, 0.3) is 0 Å². The van der Waals surface area contributed by atoms with Gasteiger partial charge in [-0.3, -0.25) is 4.79 Å². The molecule has 0 saturated carbocycles. The van der Waals surface area contributed by atoms with Crippen molar-refractivity contribution in [3.8, 4) is 0 Å². The molecule has 1 N–H and O–H groups in total. The van der Waals surface area contributed by atoms with Gasteiger partial charge in [-0.15, -0.1) is 0 Å². The van der Waals surface area contributed by atoms with E-state index < -0.39 is 0 Å². The largest absolute Gasteiger partial charge is 0.378 e. The third kappa shape index (κ3) is 3.66. The van der Waals surface area contributed by atoms with Gasteiger partial charge in [0.25, 0.3) is 5.91 Å². The van der Waals surface area contributed by atoms with Crippen LogP contribution >= 0.6 is 0 Å². The molecule has 1 amide bonds. The Balaban J connectivity index is 1.70. The summed E-state index contributed by atoms with van der Waals surface area (Å²) >= 11 is 0. The molecule has 0 spiro atoms. The number of ether oxygens (including phenoxy) is 2. The molecule has 2 unspecified atom stereocenters. The van der Waals surface area contributed by atoms with Crippen LogP contribution in [0.3, 0.4) is 0 Å². The molecule has 98 valence electrons. The van der Waals surface area contributed by atoms with Crippen LogP contribution in [0.4, 0.5) is 0 Å². The molecule has 0 radical (unpaired) electrons. The van der Waals surface area contributed by atoms with Gasteiger partial charge in [-0.2, -0.15) is 0 Å². The highest BCUT2D eigenvalue weighted by Crippen LogP contribution is 2.10. The quantitative estimate of drug-likeness (QED) is 0.745. The van der Waals surface area contributed by atoms with Gasteiger partial charge in [0.2, 0.25) is 0 Å². The number of hydrogen-bond donors (Lipinski definition) is 1. The number of nitrogens with zero attached hydrogens (tertiary/aromatic N) is 1. The maximum atomic E-state index is 12.0. The van der Waals surface area contributed by atoms with Crippen LogP contribution in [0.5, 0.6) is 0 Å². The molecule has 5 heteroatoms. The van der Waals surface area contributed by atoms with Crippen molar-refractivity contribution in [2.45, 2.75) is 19.4 Å². The Hall–Kier alpha value is -0.650. The third-order valence-corrected chi connectivity index (χ3v) is 3.41. The summed E-state index contributed by atoms with van der Waals surface area (Å²) in [6.45, 7) is 7.29. The van der Waals surface area contributed by atoms with Crippen molar-refractivity contribution in [1.29, 1.82) is 0 Å². The predicted molar refractivity (Wildman–Crippen MR) is 63.8 cm³/mol. The molecule has 2 aliphatic rings. The van der Waals surface area contributed by atoms with E-state index in [1.54, 1.807) is 0 Å². The molecular formula is C12H22N2O3. The van der Waals surface area contributed by atoms with E-state index in [9.17, 15) is 4.79 Å². The average molecular weight is 242 g/mol. The summed E-state index contributed by atoms with van der Waals surface area (Å²) in [5, 5.41) is 3.30. The maximum absolute atomic E-state index is 12.0. The normalized spacial score (nSPS) is 27.1. The van der Waals surface area contributed by atoms with Crippen LogP contribution in [0.15, 0.2) is 0 Å². The van der Waals surface area contributed by atoms with E-state index in [0.717, 1.165) is 19.5 Å². The summed E-state index contributed by atoms with van der Waals surface area (Å²) in [5.41, 5.74) is 0. The minimum Gasteiger partial charge on any atom is -0.378 e. The van der Waals surface area contributed by atoms with Crippen molar-refractivity contribution in [3.63, 3.8) is 0 Å². The summed E-state index contributed by atoms with van der Waals surface area (Å²) in [7, 11) is 0. The van der Waals surface area contributed by atoms with E-state index in [4.69, 9.17) is 9.47 Å². The molecule has 5 nitrogen and oxygen atoms in total. The van der Waals surface area contributed by atoms with Crippen molar-refractivity contribution in [3.05, 3.63) is 0 Å². The number of carbonyl (C=O) groups is 1. The lowest BCUT2D eigenvalue weighted by molar-refractivity contribution is -0.147. The standard InChI is InChI=1S/C12H22N2O3/c1-10(17-9-11-2-3-13-8-11)12(15)14-4-6-16-7-5-14/h10-11,13H,2-9H2,1H3. The molecule has 0 aliphatic carbocycles. The van der Waals surface area contributed by atoms with Gasteiger partial charge in [-0.05, 0) is 25.8 Å². The maximum Gasteiger partial charge on any atom is 0.251 e. The van der Waals surface area contributed by atoms with E-state index in [1.165, 1.54) is 0 Å². The Morgan fingerprint density at radius 2 is 2.29 bits per heavy atom. The van der Waals surface area contributed by atoms with Crippen molar-refractivity contribution in [1.82, 2.24) is 10.2 Å². The Morgan fingerprint density at radius 3 is 2.94 bits per heavy atom. The molecule has 0 aromatic carbocycles. The Bertz CT molecular complexity index is 248. The Kier molecular flexibility index (Phi) is 4.76. The summed E-state index contributed by atoms with van der Waals surface area (Å²) in [5.74, 6) is 0.661. The predicted octanol–water partition coefficient (Wildman–Crippen LogP) is -0.140. The van der Waals surface area contributed by atoms with Gasteiger partial charge in [0.15, 0.2) is 0 Å². The smallest absolute Gasteiger partial charge is 0.251 e. The fourth-order valence-electron chi connectivity index (χ4n) is 2.25. The van der Waals surface area contributed by atoms with Gasteiger partial charge in [0, 0.05) is 19.6 Å². The van der Waals surface area contributed by atoms with Crippen LogP contribution in [0.2, 0.25) is 0 Å². The van der Waals surface area contributed by atoms with E-state index in [1.807, 2.05) is 11.8 Å². The number of rotatable bonds is 4. The van der Waals surface area contributed by atoms with Gasteiger partial charge in [0.1, 0.15) is 6.10 Å². The number of morpholine rings is 1. The van der Waals surface area contributed by atoms with Crippen LogP contribution in [-0.2, 0) is 14.3 Å². The zero-order valence-electron chi connectivity index (χ0n) is 10.5. The summed E-state index contributed by atoms with van der Waals surface area (Å²) in [6, 6.07) is 0. The van der Waals surface area contributed by atoms with E-state index in [0.29, 0.717) is 38.8 Å². The average Bonchev–Trinajstić information content (AvgIpc) is 2.89. The lowest BCUT2D eigenvalue weighted by Crippen LogP contribution is -2.45. The molecule has 2 aliphatic heterocycles. The van der Waals surface area contributed by atoms with E-state index >= 15 is 0 Å². The first kappa shape index (κ1) is 12.8. The number of hydrogen-bond acceptors (Lipinski definition) is 4. The lowest BCUT2D eigenvalue weighted by Gasteiger charge is -2.29. The van der Waals surface area contributed by atoms with Crippen LogP contribution in [0.1, 0.15) is 13.3 Å². The van der Waals surface area contributed by atoms with E-state index in [-0.39, 0.29) is 12.0 Å². The SMILES string of the molecule is CC(OCC1CCNC1)C(=O)N1CCOCC1. The summed E-state index contributed by atoms with van der Waals surface area (Å²) < 4.78 is 10.9. The highest BCUT2D eigenvalue weighted by atomic mass is 16.5. The highest BCUT2D eigenvalue weighted by Gasteiger charge is 2.24. The summed E-state index contributed by atoms with van der Waals surface area (Å²) in [4.78, 5) is 13.9. The molecule has 2 rings (SSSR count). The summed E-state index contributed by atoms with van der Waals surface area (Å²) in [6.07, 6.45) is 0.826. The molecule has 0 bridgehead atoms. The molecular weight excluding hydrogens is 220 g/mol. The monoisotopic (exact) mass is 242 g/mol. The fraction of sp³-hybridized carbons (Fsp3) is 0.917. The second-order valence-corrected chi connectivity index (χ2v) is 4.77. The zero-order valence-corrected chi connectivity index (χ0v) is 10.5. The lowest BCUT2D eigenvalue weighted by atomic mass is 10.1. The Labute approximate surface area is 102 Å².